The number of hydroxylamine groups is 1. The molecule has 1 amide bonds. The number of nitrogens with one attached hydrogen (secondary N) is 1. The van der Waals surface area contributed by atoms with Crippen LogP contribution in [0.3, 0.4) is 0 Å². The SMILES string of the molecule is O=C(CCc1cc(-c2ccc(C(F)(F)F)cc2)nc2ccccc12)NO. The van der Waals surface area contributed by atoms with Crippen LogP contribution in [0.25, 0.3) is 22.2 Å². The molecule has 0 aliphatic rings. The molecule has 2 N–H and O–H groups in total. The molecular weight excluding hydrogens is 345 g/mol. The van der Waals surface area contributed by atoms with E-state index < -0.39 is 17.6 Å². The molecule has 0 atom stereocenters. The van der Waals surface area contributed by atoms with Crippen molar-refractivity contribution in [1.29, 1.82) is 0 Å². The van der Waals surface area contributed by atoms with E-state index >= 15 is 0 Å². The summed E-state index contributed by atoms with van der Waals surface area (Å²) in [6.45, 7) is 0. The number of alkyl halides is 3. The monoisotopic (exact) mass is 360 g/mol. The summed E-state index contributed by atoms with van der Waals surface area (Å²) in [4.78, 5) is 15.8. The molecule has 0 spiro atoms. The number of benzene rings is 2. The van der Waals surface area contributed by atoms with Crippen LogP contribution in [-0.4, -0.2) is 16.1 Å². The maximum Gasteiger partial charge on any atom is 0.416 e. The molecule has 2 aromatic carbocycles. The Morgan fingerprint density at radius 1 is 1.08 bits per heavy atom. The first-order valence-corrected chi connectivity index (χ1v) is 7.88. The standard InChI is InChI=1S/C19H15F3N2O2/c20-19(21,22)14-8-5-12(6-9-14)17-11-13(7-10-18(25)24-26)15-3-1-2-4-16(15)23-17/h1-6,8-9,11,26H,7,10H2,(H,24,25). The number of halogens is 3. The molecule has 0 aliphatic heterocycles. The summed E-state index contributed by atoms with van der Waals surface area (Å²) in [6, 6.07) is 13.9. The summed E-state index contributed by atoms with van der Waals surface area (Å²) in [5, 5.41) is 9.50. The first-order chi connectivity index (χ1) is 12.4. The van der Waals surface area contributed by atoms with Crippen molar-refractivity contribution in [3.63, 3.8) is 0 Å². The van der Waals surface area contributed by atoms with Crippen LogP contribution < -0.4 is 5.48 Å². The molecule has 0 unspecified atom stereocenters. The highest BCUT2D eigenvalue weighted by molar-refractivity contribution is 5.86. The third-order valence-electron chi connectivity index (χ3n) is 4.06. The van der Waals surface area contributed by atoms with Gasteiger partial charge in [-0.25, -0.2) is 10.5 Å². The number of pyridine rings is 1. The van der Waals surface area contributed by atoms with Crippen molar-refractivity contribution in [2.75, 3.05) is 0 Å². The fraction of sp³-hybridized carbons (Fsp3) is 0.158. The molecule has 0 saturated heterocycles. The number of carbonyl (C=O) groups is 1. The zero-order valence-corrected chi connectivity index (χ0v) is 13.5. The minimum Gasteiger partial charge on any atom is -0.289 e. The summed E-state index contributed by atoms with van der Waals surface area (Å²) in [5.41, 5.74) is 3.46. The van der Waals surface area contributed by atoms with E-state index in [2.05, 4.69) is 4.98 Å². The molecular formula is C19H15F3N2O2. The number of aromatic nitrogens is 1. The number of carbonyl (C=O) groups excluding carboxylic acids is 1. The van der Waals surface area contributed by atoms with E-state index in [1.807, 2.05) is 18.2 Å². The van der Waals surface area contributed by atoms with Crippen molar-refractivity contribution in [3.8, 4) is 11.3 Å². The summed E-state index contributed by atoms with van der Waals surface area (Å²) in [6.07, 6.45) is -3.95. The van der Waals surface area contributed by atoms with Gasteiger partial charge in [-0.3, -0.25) is 10.0 Å². The summed E-state index contributed by atoms with van der Waals surface area (Å²) in [5.74, 6) is -0.512. The van der Waals surface area contributed by atoms with Crippen LogP contribution in [-0.2, 0) is 17.4 Å². The van der Waals surface area contributed by atoms with Gasteiger partial charge in [-0.2, -0.15) is 13.2 Å². The van der Waals surface area contributed by atoms with Crippen molar-refractivity contribution in [2.45, 2.75) is 19.0 Å². The van der Waals surface area contributed by atoms with Gasteiger partial charge in [-0.15, -0.1) is 0 Å². The number of aryl methyl sites for hydroxylation is 1. The lowest BCUT2D eigenvalue weighted by atomic mass is 10.00. The van der Waals surface area contributed by atoms with Gasteiger partial charge in [0.05, 0.1) is 16.8 Å². The zero-order chi connectivity index (χ0) is 18.7. The smallest absolute Gasteiger partial charge is 0.289 e. The molecule has 0 radical (unpaired) electrons. The number of nitrogens with zero attached hydrogens (tertiary/aromatic N) is 1. The van der Waals surface area contributed by atoms with Crippen molar-refractivity contribution in [2.24, 2.45) is 0 Å². The fourth-order valence-corrected chi connectivity index (χ4v) is 2.74. The van der Waals surface area contributed by atoms with E-state index in [1.54, 1.807) is 17.6 Å². The van der Waals surface area contributed by atoms with Gasteiger partial charge in [-0.05, 0) is 36.2 Å². The van der Waals surface area contributed by atoms with Crippen molar-refractivity contribution >= 4 is 16.8 Å². The minimum absolute atomic E-state index is 0.0803. The average molecular weight is 360 g/mol. The zero-order valence-electron chi connectivity index (χ0n) is 13.5. The lowest BCUT2D eigenvalue weighted by Crippen LogP contribution is -2.18. The van der Waals surface area contributed by atoms with Crippen LogP contribution in [0.15, 0.2) is 54.6 Å². The largest absolute Gasteiger partial charge is 0.416 e. The second-order valence-corrected chi connectivity index (χ2v) is 5.79. The van der Waals surface area contributed by atoms with Crippen LogP contribution >= 0.6 is 0 Å². The summed E-state index contributed by atoms with van der Waals surface area (Å²) in [7, 11) is 0. The third kappa shape index (κ3) is 3.83. The lowest BCUT2D eigenvalue weighted by Gasteiger charge is -2.11. The van der Waals surface area contributed by atoms with Crippen molar-refractivity contribution in [3.05, 3.63) is 65.7 Å². The molecule has 0 saturated carbocycles. The van der Waals surface area contributed by atoms with Crippen LogP contribution in [0.2, 0.25) is 0 Å². The quantitative estimate of drug-likeness (QED) is 0.537. The van der Waals surface area contributed by atoms with Gasteiger partial charge >= 0.3 is 6.18 Å². The topological polar surface area (TPSA) is 62.2 Å². The van der Waals surface area contributed by atoms with E-state index in [0.29, 0.717) is 23.2 Å². The third-order valence-corrected chi connectivity index (χ3v) is 4.06. The van der Waals surface area contributed by atoms with Crippen LogP contribution in [0.5, 0.6) is 0 Å². The Hall–Kier alpha value is -2.93. The Labute approximate surface area is 147 Å². The molecule has 1 heterocycles. The van der Waals surface area contributed by atoms with Crippen molar-refractivity contribution in [1.82, 2.24) is 10.5 Å². The Balaban J connectivity index is 2.02. The number of hydrogen-bond donors (Lipinski definition) is 2. The van der Waals surface area contributed by atoms with Crippen molar-refractivity contribution < 1.29 is 23.2 Å². The molecule has 3 aromatic rings. The minimum atomic E-state index is -4.39. The second kappa shape index (κ2) is 7.13. The Kier molecular flexibility index (Phi) is 4.90. The number of rotatable bonds is 4. The molecule has 26 heavy (non-hydrogen) atoms. The molecule has 4 nitrogen and oxygen atoms in total. The first kappa shape index (κ1) is 17.9. The maximum atomic E-state index is 12.7. The molecule has 0 fully saturated rings. The highest BCUT2D eigenvalue weighted by Crippen LogP contribution is 2.31. The predicted molar refractivity (Wildman–Crippen MR) is 90.4 cm³/mol. The van der Waals surface area contributed by atoms with Gasteiger partial charge in [0.1, 0.15) is 0 Å². The van der Waals surface area contributed by atoms with Crippen LogP contribution in [0.1, 0.15) is 17.5 Å². The number of fused-ring (bicyclic) bond motifs is 1. The second-order valence-electron chi connectivity index (χ2n) is 5.79. The van der Waals surface area contributed by atoms with E-state index in [9.17, 15) is 18.0 Å². The van der Waals surface area contributed by atoms with E-state index in [1.165, 1.54) is 12.1 Å². The molecule has 1 aromatic heterocycles. The van der Waals surface area contributed by atoms with Crippen LogP contribution in [0.4, 0.5) is 13.2 Å². The van der Waals surface area contributed by atoms with Gasteiger partial charge in [0.25, 0.3) is 0 Å². The summed E-state index contributed by atoms with van der Waals surface area (Å²) < 4.78 is 38.2. The Morgan fingerprint density at radius 3 is 2.42 bits per heavy atom. The van der Waals surface area contributed by atoms with Gasteiger partial charge < -0.3 is 0 Å². The predicted octanol–water partition coefficient (Wildman–Crippen LogP) is 4.36. The van der Waals surface area contributed by atoms with Crippen LogP contribution in [0, 0.1) is 0 Å². The molecule has 0 aliphatic carbocycles. The number of amides is 1. The Bertz CT molecular complexity index is 938. The maximum absolute atomic E-state index is 12.7. The van der Waals surface area contributed by atoms with Gasteiger partial charge in [0, 0.05) is 17.4 Å². The van der Waals surface area contributed by atoms with E-state index in [0.717, 1.165) is 23.1 Å². The molecule has 134 valence electrons. The molecule has 7 heteroatoms. The normalized spacial score (nSPS) is 11.5. The van der Waals surface area contributed by atoms with E-state index in [4.69, 9.17) is 5.21 Å². The fourth-order valence-electron chi connectivity index (χ4n) is 2.74. The summed E-state index contributed by atoms with van der Waals surface area (Å²) >= 11 is 0. The molecule has 3 rings (SSSR count). The van der Waals surface area contributed by atoms with Gasteiger partial charge in [0.15, 0.2) is 0 Å². The number of hydrogen-bond acceptors (Lipinski definition) is 3. The average Bonchev–Trinajstić information content (AvgIpc) is 2.65. The first-order valence-electron chi connectivity index (χ1n) is 7.88. The highest BCUT2D eigenvalue weighted by atomic mass is 19.4. The van der Waals surface area contributed by atoms with Gasteiger partial charge in [-0.1, -0.05) is 30.3 Å². The molecule has 0 bridgehead atoms. The van der Waals surface area contributed by atoms with Gasteiger partial charge in [0.2, 0.25) is 5.91 Å². The lowest BCUT2D eigenvalue weighted by molar-refractivity contribution is -0.137. The Morgan fingerprint density at radius 2 is 1.77 bits per heavy atom. The van der Waals surface area contributed by atoms with E-state index in [-0.39, 0.29) is 6.42 Å². The number of para-hydroxylation sites is 1. The highest BCUT2D eigenvalue weighted by Gasteiger charge is 2.30.